The van der Waals surface area contributed by atoms with Gasteiger partial charge in [0.05, 0.1) is 23.2 Å². The highest BCUT2D eigenvalue weighted by Gasteiger charge is 2.16. The van der Waals surface area contributed by atoms with Crippen LogP contribution in [0.5, 0.6) is 0 Å². The van der Waals surface area contributed by atoms with Crippen LogP contribution in [0.2, 0.25) is 0 Å². The lowest BCUT2D eigenvalue weighted by atomic mass is 10.2. The van der Waals surface area contributed by atoms with E-state index in [0.29, 0.717) is 27.7 Å². The Kier molecular flexibility index (Phi) is 4.57. The Morgan fingerprint density at radius 2 is 2.32 bits per heavy atom. The van der Waals surface area contributed by atoms with E-state index in [1.165, 1.54) is 12.3 Å². The summed E-state index contributed by atoms with van der Waals surface area (Å²) in [7, 11) is 0. The summed E-state index contributed by atoms with van der Waals surface area (Å²) in [5.41, 5.74) is 1.84. The van der Waals surface area contributed by atoms with Crippen LogP contribution >= 0.6 is 0 Å². The molecule has 126 valence electrons. The number of hydrogen-bond donors (Lipinski definition) is 2. The summed E-state index contributed by atoms with van der Waals surface area (Å²) in [4.78, 5) is 30.9. The van der Waals surface area contributed by atoms with Crippen molar-refractivity contribution < 1.29 is 9.18 Å². The molecule has 7 nitrogen and oxygen atoms in total. The van der Waals surface area contributed by atoms with Crippen molar-refractivity contribution in [3.8, 4) is 6.07 Å². The number of carbonyl (C=O) groups is 1. The number of fused-ring (bicyclic) bond motifs is 1. The number of halogens is 1. The van der Waals surface area contributed by atoms with Crippen molar-refractivity contribution in [2.75, 3.05) is 13.2 Å². The molecule has 0 fully saturated rings. The van der Waals surface area contributed by atoms with Gasteiger partial charge in [0.2, 0.25) is 0 Å². The zero-order chi connectivity index (χ0) is 17.8. The molecule has 25 heavy (non-hydrogen) atoms. The lowest BCUT2D eigenvalue weighted by Crippen LogP contribution is -2.25. The van der Waals surface area contributed by atoms with Crippen LogP contribution in [0.1, 0.15) is 21.5 Å². The number of hydrogen-bond acceptors (Lipinski definition) is 4. The summed E-state index contributed by atoms with van der Waals surface area (Å²) in [6.07, 6.45) is 4.47. The molecule has 3 aromatic rings. The zero-order valence-electron chi connectivity index (χ0n) is 13.1. The number of nitrogens with one attached hydrogen (secondary N) is 2. The fraction of sp³-hybridized carbons (Fsp3) is 0.176. The zero-order valence-corrected chi connectivity index (χ0v) is 13.1. The van der Waals surface area contributed by atoms with E-state index in [-0.39, 0.29) is 18.6 Å². The molecule has 3 rings (SSSR count). The van der Waals surface area contributed by atoms with E-state index in [4.69, 9.17) is 5.26 Å². The molecule has 0 aliphatic rings. The summed E-state index contributed by atoms with van der Waals surface area (Å²) in [5.74, 6) is -0.431. The number of amides is 1. The van der Waals surface area contributed by atoms with E-state index in [1.54, 1.807) is 29.1 Å². The average molecular weight is 339 g/mol. The molecule has 0 saturated carbocycles. The minimum absolute atomic E-state index is 0.0811. The molecule has 0 radical (unpaired) electrons. The first-order valence-electron chi connectivity index (χ1n) is 7.53. The van der Waals surface area contributed by atoms with Crippen LogP contribution in [0.4, 0.5) is 4.39 Å². The molecule has 3 heterocycles. The third-order valence-electron chi connectivity index (χ3n) is 3.71. The van der Waals surface area contributed by atoms with E-state index in [9.17, 15) is 14.0 Å². The summed E-state index contributed by atoms with van der Waals surface area (Å²) in [6.45, 7) is -0.570. The quantitative estimate of drug-likeness (QED) is 0.732. The Bertz CT molecular complexity index is 1030. The Balaban J connectivity index is 2.04. The third-order valence-corrected chi connectivity index (χ3v) is 3.71. The van der Waals surface area contributed by atoms with Gasteiger partial charge in [-0.25, -0.2) is 4.39 Å². The molecule has 0 aliphatic heterocycles. The second-order valence-corrected chi connectivity index (χ2v) is 5.34. The van der Waals surface area contributed by atoms with E-state index < -0.39 is 12.6 Å². The number of alkyl halides is 1. The van der Waals surface area contributed by atoms with E-state index in [2.05, 4.69) is 15.3 Å². The fourth-order valence-corrected chi connectivity index (χ4v) is 2.57. The van der Waals surface area contributed by atoms with E-state index in [1.807, 2.05) is 6.07 Å². The monoisotopic (exact) mass is 339 g/mol. The molecule has 0 spiro atoms. The summed E-state index contributed by atoms with van der Waals surface area (Å²) in [6, 6.07) is 6.97. The normalized spacial score (nSPS) is 10.6. The smallest absolute Gasteiger partial charge is 0.255 e. The predicted octanol–water partition coefficient (Wildman–Crippen LogP) is 1.34. The first kappa shape index (κ1) is 16.4. The van der Waals surface area contributed by atoms with Gasteiger partial charge in [-0.1, -0.05) is 0 Å². The second kappa shape index (κ2) is 6.97. The van der Waals surface area contributed by atoms with Crippen molar-refractivity contribution in [2.45, 2.75) is 6.54 Å². The van der Waals surface area contributed by atoms with Crippen LogP contribution in [0.15, 0.2) is 41.6 Å². The van der Waals surface area contributed by atoms with E-state index >= 15 is 0 Å². The Hall–Kier alpha value is -3.47. The van der Waals surface area contributed by atoms with Gasteiger partial charge in [0.1, 0.15) is 18.3 Å². The van der Waals surface area contributed by atoms with Gasteiger partial charge in [0, 0.05) is 30.7 Å². The maximum absolute atomic E-state index is 12.3. The molecule has 8 heteroatoms. The minimum Gasteiger partial charge on any atom is -0.349 e. The SMILES string of the molecule is N#Cc1c[nH]c(=O)c(Cn2cc(C(=O)NCCF)c3ncccc32)c1. The largest absolute Gasteiger partial charge is 0.349 e. The van der Waals surface area contributed by atoms with Gasteiger partial charge in [-0.2, -0.15) is 5.26 Å². The molecule has 0 unspecified atom stereocenters. The van der Waals surface area contributed by atoms with Crippen LogP contribution < -0.4 is 10.9 Å². The maximum Gasteiger partial charge on any atom is 0.255 e. The van der Waals surface area contributed by atoms with Gasteiger partial charge in [0.15, 0.2) is 0 Å². The fourth-order valence-electron chi connectivity index (χ4n) is 2.57. The first-order valence-corrected chi connectivity index (χ1v) is 7.53. The van der Waals surface area contributed by atoms with Crippen molar-refractivity contribution in [2.24, 2.45) is 0 Å². The second-order valence-electron chi connectivity index (χ2n) is 5.34. The molecule has 2 N–H and O–H groups in total. The lowest BCUT2D eigenvalue weighted by Gasteiger charge is -2.04. The van der Waals surface area contributed by atoms with Crippen molar-refractivity contribution in [1.29, 1.82) is 5.26 Å². The Labute approximate surface area is 141 Å². The van der Waals surface area contributed by atoms with Crippen molar-refractivity contribution in [3.63, 3.8) is 0 Å². The van der Waals surface area contributed by atoms with Gasteiger partial charge < -0.3 is 14.9 Å². The third kappa shape index (κ3) is 3.26. The molecule has 1 amide bonds. The maximum atomic E-state index is 12.3. The van der Waals surface area contributed by atoms with Crippen molar-refractivity contribution >= 4 is 16.9 Å². The molecule has 0 aliphatic carbocycles. The Morgan fingerprint density at radius 3 is 3.08 bits per heavy atom. The number of rotatable bonds is 5. The highest BCUT2D eigenvalue weighted by atomic mass is 19.1. The highest BCUT2D eigenvalue weighted by Crippen LogP contribution is 2.20. The van der Waals surface area contributed by atoms with Crippen LogP contribution in [0, 0.1) is 11.3 Å². The van der Waals surface area contributed by atoms with Crippen LogP contribution in [-0.4, -0.2) is 33.7 Å². The molecular weight excluding hydrogens is 325 g/mol. The lowest BCUT2D eigenvalue weighted by molar-refractivity contribution is 0.0952. The molecule has 0 saturated heterocycles. The molecule has 3 aromatic heterocycles. The molecular formula is C17H14FN5O2. The number of aromatic amines is 1. The topological polar surface area (TPSA) is 104 Å². The summed E-state index contributed by atoms with van der Waals surface area (Å²) >= 11 is 0. The highest BCUT2D eigenvalue weighted by molar-refractivity contribution is 6.05. The number of nitriles is 1. The van der Waals surface area contributed by atoms with Crippen LogP contribution in [-0.2, 0) is 6.54 Å². The van der Waals surface area contributed by atoms with Crippen molar-refractivity contribution in [1.82, 2.24) is 19.9 Å². The average Bonchev–Trinajstić information content (AvgIpc) is 3.00. The Morgan fingerprint density at radius 1 is 1.48 bits per heavy atom. The predicted molar refractivity (Wildman–Crippen MR) is 88.9 cm³/mol. The first-order chi connectivity index (χ1) is 12.1. The van der Waals surface area contributed by atoms with Crippen molar-refractivity contribution in [3.05, 3.63) is 63.8 Å². The summed E-state index contributed by atoms with van der Waals surface area (Å²) < 4.78 is 14.0. The number of pyridine rings is 2. The van der Waals surface area contributed by atoms with Crippen LogP contribution in [0.25, 0.3) is 11.0 Å². The molecule has 0 bridgehead atoms. The number of carbonyl (C=O) groups excluding carboxylic acids is 1. The number of H-pyrrole nitrogens is 1. The minimum atomic E-state index is -0.659. The van der Waals surface area contributed by atoms with E-state index in [0.717, 1.165) is 0 Å². The van der Waals surface area contributed by atoms with Gasteiger partial charge in [-0.05, 0) is 18.2 Å². The summed E-state index contributed by atoms with van der Waals surface area (Å²) in [5, 5.41) is 11.4. The molecule has 0 atom stereocenters. The standard InChI is InChI=1S/C17H14FN5O2/c18-3-5-21-17(25)13-10-23(14-2-1-4-20-15(13)14)9-12-6-11(7-19)8-22-16(12)24/h1-2,4,6,8,10H,3,5,9H2,(H,21,25)(H,22,24). The molecule has 0 aromatic carbocycles. The number of aromatic nitrogens is 3. The van der Waals surface area contributed by atoms with Gasteiger partial charge >= 0.3 is 0 Å². The number of nitrogens with zero attached hydrogens (tertiary/aromatic N) is 3. The van der Waals surface area contributed by atoms with Gasteiger partial charge in [-0.3, -0.25) is 14.6 Å². The van der Waals surface area contributed by atoms with Gasteiger partial charge in [0.25, 0.3) is 11.5 Å². The van der Waals surface area contributed by atoms with Gasteiger partial charge in [-0.15, -0.1) is 0 Å². The van der Waals surface area contributed by atoms with Crippen LogP contribution in [0.3, 0.4) is 0 Å².